The molecule has 0 aliphatic carbocycles. The number of nitrogens with zero attached hydrogens (tertiary/aromatic N) is 1. The molecule has 0 saturated heterocycles. The Morgan fingerprint density at radius 1 is 1.04 bits per heavy atom. The minimum absolute atomic E-state index is 0. The molecule has 0 atom stereocenters. The first kappa shape index (κ1) is 22.9. The zero-order chi connectivity index (χ0) is 18.9. The highest BCUT2D eigenvalue weighted by atomic mass is 127. The molecule has 2 aromatic carbocycles. The van der Waals surface area contributed by atoms with E-state index < -0.39 is 11.6 Å². The summed E-state index contributed by atoms with van der Waals surface area (Å²) in [6.07, 6.45) is 0.348. The van der Waals surface area contributed by atoms with Gasteiger partial charge in [0.2, 0.25) is 0 Å². The molecule has 0 aliphatic rings. The molecule has 2 rings (SSSR count). The molecule has 0 aliphatic heterocycles. The van der Waals surface area contributed by atoms with Gasteiger partial charge in [0.05, 0.1) is 14.2 Å². The van der Waals surface area contributed by atoms with Crippen molar-refractivity contribution in [2.24, 2.45) is 4.99 Å². The summed E-state index contributed by atoms with van der Waals surface area (Å²) in [6.45, 7) is 0.945. The van der Waals surface area contributed by atoms with Crippen molar-refractivity contribution in [2.45, 2.75) is 13.0 Å². The first-order chi connectivity index (χ1) is 12.6. The lowest BCUT2D eigenvalue weighted by Crippen LogP contribution is -2.37. The van der Waals surface area contributed by atoms with E-state index in [0.29, 0.717) is 42.5 Å². The van der Waals surface area contributed by atoms with Gasteiger partial charge in [-0.2, -0.15) is 0 Å². The number of hydrogen-bond donors (Lipinski definition) is 2. The fourth-order valence-electron chi connectivity index (χ4n) is 2.45. The van der Waals surface area contributed by atoms with Crippen LogP contribution < -0.4 is 20.1 Å². The summed E-state index contributed by atoms with van der Waals surface area (Å²) in [5, 5.41) is 6.24. The molecule has 0 saturated carbocycles. The Kier molecular flexibility index (Phi) is 9.84. The highest BCUT2D eigenvalue weighted by Crippen LogP contribution is 2.27. The SMILES string of the molecule is CN=C(NCCc1cccc(F)c1F)NCc1ccc(OC)c(OC)c1.I. The second-order valence-corrected chi connectivity index (χ2v) is 5.50. The van der Waals surface area contributed by atoms with Crippen molar-refractivity contribution >= 4 is 29.9 Å². The van der Waals surface area contributed by atoms with Crippen LogP contribution in [0.2, 0.25) is 0 Å². The van der Waals surface area contributed by atoms with Gasteiger partial charge >= 0.3 is 0 Å². The number of guanidine groups is 1. The van der Waals surface area contributed by atoms with E-state index in [1.807, 2.05) is 18.2 Å². The van der Waals surface area contributed by atoms with Crippen LogP contribution in [0.4, 0.5) is 8.78 Å². The fraction of sp³-hybridized carbons (Fsp3) is 0.316. The fourth-order valence-corrected chi connectivity index (χ4v) is 2.45. The smallest absolute Gasteiger partial charge is 0.191 e. The van der Waals surface area contributed by atoms with Gasteiger partial charge in [-0.1, -0.05) is 18.2 Å². The van der Waals surface area contributed by atoms with Crippen molar-refractivity contribution < 1.29 is 18.3 Å². The number of methoxy groups -OCH3 is 2. The predicted molar refractivity (Wildman–Crippen MR) is 113 cm³/mol. The largest absolute Gasteiger partial charge is 0.493 e. The van der Waals surface area contributed by atoms with E-state index in [-0.39, 0.29) is 24.0 Å². The number of rotatable bonds is 7. The van der Waals surface area contributed by atoms with E-state index in [4.69, 9.17) is 9.47 Å². The second kappa shape index (κ2) is 11.6. The second-order valence-electron chi connectivity index (χ2n) is 5.50. The third-order valence-corrected chi connectivity index (χ3v) is 3.85. The van der Waals surface area contributed by atoms with Crippen molar-refractivity contribution in [3.63, 3.8) is 0 Å². The van der Waals surface area contributed by atoms with E-state index >= 15 is 0 Å². The third-order valence-electron chi connectivity index (χ3n) is 3.85. The van der Waals surface area contributed by atoms with Crippen LogP contribution in [0, 0.1) is 11.6 Å². The number of ether oxygens (including phenoxy) is 2. The minimum Gasteiger partial charge on any atom is -0.493 e. The van der Waals surface area contributed by atoms with E-state index in [9.17, 15) is 8.78 Å². The number of nitrogens with one attached hydrogen (secondary N) is 2. The highest BCUT2D eigenvalue weighted by molar-refractivity contribution is 14.0. The maximum absolute atomic E-state index is 13.6. The molecule has 0 heterocycles. The van der Waals surface area contributed by atoms with Gasteiger partial charge in [-0.05, 0) is 35.7 Å². The zero-order valence-electron chi connectivity index (χ0n) is 15.5. The average Bonchev–Trinajstić information content (AvgIpc) is 2.67. The molecule has 0 unspecified atom stereocenters. The quantitative estimate of drug-likeness (QED) is 0.354. The Morgan fingerprint density at radius 2 is 1.78 bits per heavy atom. The number of hydrogen-bond acceptors (Lipinski definition) is 3. The average molecular weight is 491 g/mol. The van der Waals surface area contributed by atoms with Crippen molar-refractivity contribution in [3.05, 3.63) is 59.2 Å². The summed E-state index contributed by atoms with van der Waals surface area (Å²) in [7, 11) is 4.82. The molecule has 0 radical (unpaired) electrons. The standard InChI is InChI=1S/C19H23F2N3O2.HI/c1-22-19(23-10-9-14-5-4-6-15(20)18(14)21)24-12-13-7-8-16(25-2)17(11-13)26-3;/h4-8,11H,9-10,12H2,1-3H3,(H2,22,23,24);1H. The van der Waals surface area contributed by atoms with Gasteiger partial charge in [0.1, 0.15) is 0 Å². The Balaban J connectivity index is 0.00000364. The molecule has 0 bridgehead atoms. The Bertz CT molecular complexity index is 773. The molecule has 8 heteroatoms. The third kappa shape index (κ3) is 6.53. The minimum atomic E-state index is -0.835. The van der Waals surface area contributed by atoms with Gasteiger partial charge < -0.3 is 20.1 Å². The summed E-state index contributed by atoms with van der Waals surface area (Å²) in [5.74, 6) is 0.241. The molecule has 148 valence electrons. The summed E-state index contributed by atoms with van der Waals surface area (Å²) in [6, 6.07) is 9.80. The summed E-state index contributed by atoms with van der Waals surface area (Å²) >= 11 is 0. The molecular weight excluding hydrogens is 467 g/mol. The zero-order valence-corrected chi connectivity index (χ0v) is 17.8. The lowest BCUT2D eigenvalue weighted by atomic mass is 10.1. The molecule has 27 heavy (non-hydrogen) atoms. The van der Waals surface area contributed by atoms with Crippen LogP contribution in [0.25, 0.3) is 0 Å². The molecule has 0 aromatic heterocycles. The molecule has 0 spiro atoms. The van der Waals surface area contributed by atoms with Gasteiger partial charge in [-0.3, -0.25) is 4.99 Å². The Labute approximate surface area is 175 Å². The lowest BCUT2D eigenvalue weighted by molar-refractivity contribution is 0.354. The van der Waals surface area contributed by atoms with Crippen molar-refractivity contribution in [1.29, 1.82) is 0 Å². The summed E-state index contributed by atoms with van der Waals surface area (Å²) < 4.78 is 37.3. The van der Waals surface area contributed by atoms with Crippen LogP contribution >= 0.6 is 24.0 Å². The van der Waals surface area contributed by atoms with Crippen LogP contribution in [0.15, 0.2) is 41.4 Å². The highest BCUT2D eigenvalue weighted by Gasteiger charge is 2.08. The molecule has 2 N–H and O–H groups in total. The van der Waals surface area contributed by atoms with Crippen molar-refractivity contribution in [3.8, 4) is 11.5 Å². The van der Waals surface area contributed by atoms with E-state index in [2.05, 4.69) is 15.6 Å². The normalized spacial score (nSPS) is 10.8. The first-order valence-electron chi connectivity index (χ1n) is 8.17. The van der Waals surface area contributed by atoms with Crippen LogP contribution in [0.5, 0.6) is 11.5 Å². The van der Waals surface area contributed by atoms with Gasteiger partial charge in [0.25, 0.3) is 0 Å². The number of aliphatic imine (C=N–C) groups is 1. The molecule has 5 nitrogen and oxygen atoms in total. The Hall–Kier alpha value is -2.10. The molecule has 0 amide bonds. The van der Waals surface area contributed by atoms with E-state index in [0.717, 1.165) is 11.6 Å². The van der Waals surface area contributed by atoms with Gasteiger partial charge in [0, 0.05) is 20.1 Å². The van der Waals surface area contributed by atoms with E-state index in [1.54, 1.807) is 27.3 Å². The topological polar surface area (TPSA) is 54.9 Å². The maximum atomic E-state index is 13.6. The lowest BCUT2D eigenvalue weighted by Gasteiger charge is -2.13. The van der Waals surface area contributed by atoms with Crippen molar-refractivity contribution in [1.82, 2.24) is 10.6 Å². The molecule has 0 fully saturated rings. The summed E-state index contributed by atoms with van der Waals surface area (Å²) in [4.78, 5) is 4.12. The predicted octanol–water partition coefficient (Wildman–Crippen LogP) is 3.51. The summed E-state index contributed by atoms with van der Waals surface area (Å²) in [5.41, 5.74) is 1.31. The number of halogens is 3. The molecular formula is C19H24F2IN3O2. The van der Waals surface area contributed by atoms with Gasteiger partial charge in [-0.25, -0.2) is 8.78 Å². The first-order valence-corrected chi connectivity index (χ1v) is 8.17. The van der Waals surface area contributed by atoms with Gasteiger partial charge in [-0.15, -0.1) is 24.0 Å². The van der Waals surface area contributed by atoms with E-state index in [1.165, 1.54) is 6.07 Å². The monoisotopic (exact) mass is 491 g/mol. The Morgan fingerprint density at radius 3 is 2.44 bits per heavy atom. The van der Waals surface area contributed by atoms with Crippen molar-refractivity contribution in [2.75, 3.05) is 27.8 Å². The molecule has 2 aromatic rings. The maximum Gasteiger partial charge on any atom is 0.191 e. The number of benzene rings is 2. The van der Waals surface area contributed by atoms with Crippen LogP contribution in [0.3, 0.4) is 0 Å². The van der Waals surface area contributed by atoms with Crippen LogP contribution in [-0.4, -0.2) is 33.8 Å². The van der Waals surface area contributed by atoms with Crippen LogP contribution in [-0.2, 0) is 13.0 Å². The van der Waals surface area contributed by atoms with Crippen LogP contribution in [0.1, 0.15) is 11.1 Å². The van der Waals surface area contributed by atoms with Gasteiger partial charge in [0.15, 0.2) is 29.1 Å².